The van der Waals surface area contributed by atoms with E-state index >= 15 is 0 Å². The molecule has 0 spiro atoms. The molecule has 0 aliphatic carbocycles. The van der Waals surface area contributed by atoms with Gasteiger partial charge in [0.2, 0.25) is 0 Å². The Kier molecular flexibility index (Phi) is 6.07. The van der Waals surface area contributed by atoms with Crippen molar-refractivity contribution < 1.29 is 5.11 Å². The maximum absolute atomic E-state index is 9.73. The van der Waals surface area contributed by atoms with Gasteiger partial charge in [-0.2, -0.15) is 0 Å². The molecule has 0 radical (unpaired) electrons. The summed E-state index contributed by atoms with van der Waals surface area (Å²) in [4.78, 5) is 0. The zero-order chi connectivity index (χ0) is 11.6. The average molecular weight is 356 g/mol. The molecule has 0 saturated carbocycles. The van der Waals surface area contributed by atoms with E-state index in [0.29, 0.717) is 12.3 Å². The molecule has 2 nitrogen and oxygen atoms in total. The molecule has 4 heteroatoms. The van der Waals surface area contributed by atoms with Gasteiger partial charge in [-0.15, -0.1) is 12.4 Å². The fraction of sp³-hybridized carbons (Fsp3) is 0.500. The molecule has 0 unspecified atom stereocenters. The molecule has 0 fully saturated rings. The molecule has 0 bridgehead atoms. The van der Waals surface area contributed by atoms with Crippen molar-refractivity contribution in [1.82, 2.24) is 0 Å². The molecule has 0 aliphatic heterocycles. The number of rotatable bonds is 2. The summed E-state index contributed by atoms with van der Waals surface area (Å²) >= 11 is 2.14. The maximum Gasteiger partial charge on any atom is 0.133 e. The van der Waals surface area contributed by atoms with Gasteiger partial charge in [-0.05, 0) is 46.1 Å². The highest BCUT2D eigenvalue weighted by Gasteiger charge is 2.14. The first-order chi connectivity index (χ1) is 6.83. The third kappa shape index (κ3) is 4.47. The van der Waals surface area contributed by atoms with Gasteiger partial charge in [-0.25, -0.2) is 0 Å². The summed E-state index contributed by atoms with van der Waals surface area (Å²) < 4.78 is 0.884. The molecule has 3 N–H and O–H groups in total. The summed E-state index contributed by atoms with van der Waals surface area (Å²) in [7, 11) is 0. The largest absolute Gasteiger partial charge is 0.507 e. The summed E-state index contributed by atoms with van der Waals surface area (Å²) in [6, 6.07) is 4.03. The zero-order valence-electron chi connectivity index (χ0n) is 9.88. The Bertz CT molecular complexity index is 361. The van der Waals surface area contributed by atoms with E-state index in [0.717, 1.165) is 15.6 Å². The van der Waals surface area contributed by atoms with Crippen molar-refractivity contribution in [3.05, 3.63) is 26.8 Å². The zero-order valence-corrected chi connectivity index (χ0v) is 12.9. The minimum Gasteiger partial charge on any atom is -0.507 e. The number of hydrogen-bond donors (Lipinski definition) is 2. The molecule has 1 aromatic rings. The van der Waals surface area contributed by atoms with Gasteiger partial charge in [-0.1, -0.05) is 26.8 Å². The smallest absolute Gasteiger partial charge is 0.133 e. The Morgan fingerprint density at radius 1 is 1.31 bits per heavy atom. The van der Waals surface area contributed by atoms with Crippen LogP contribution in [0.5, 0.6) is 5.75 Å². The van der Waals surface area contributed by atoms with Crippen LogP contribution < -0.4 is 5.73 Å². The summed E-state index contributed by atoms with van der Waals surface area (Å²) in [6.45, 7) is 7.00. The van der Waals surface area contributed by atoms with Crippen molar-refractivity contribution in [2.45, 2.75) is 33.7 Å². The van der Waals surface area contributed by atoms with Crippen molar-refractivity contribution in [1.29, 1.82) is 0 Å². The highest BCUT2D eigenvalue weighted by atomic mass is 127. The van der Waals surface area contributed by atoms with Crippen molar-refractivity contribution >= 4 is 35.0 Å². The molecule has 0 aromatic heterocycles. The predicted octanol–water partition coefficient (Wildman–Crippen LogP) is 3.47. The van der Waals surface area contributed by atoms with Crippen LogP contribution in [-0.2, 0) is 13.0 Å². The van der Waals surface area contributed by atoms with Crippen molar-refractivity contribution in [2.75, 3.05) is 0 Å². The average Bonchev–Trinajstić information content (AvgIpc) is 2.08. The second kappa shape index (κ2) is 6.07. The number of nitrogens with two attached hydrogens (primary N) is 1. The van der Waals surface area contributed by atoms with E-state index in [1.807, 2.05) is 12.1 Å². The second-order valence-electron chi connectivity index (χ2n) is 5.03. The van der Waals surface area contributed by atoms with Crippen molar-refractivity contribution in [2.24, 2.45) is 11.1 Å². The molecule has 92 valence electrons. The van der Waals surface area contributed by atoms with Crippen LogP contribution in [0.3, 0.4) is 0 Å². The molecule has 1 aromatic carbocycles. The summed E-state index contributed by atoms with van der Waals surface area (Å²) in [5.41, 5.74) is 7.92. The molecular formula is C12H19ClINO. The Morgan fingerprint density at radius 3 is 2.31 bits per heavy atom. The van der Waals surface area contributed by atoms with E-state index in [1.165, 1.54) is 5.56 Å². The van der Waals surface area contributed by atoms with Crippen LogP contribution in [-0.4, -0.2) is 5.11 Å². The lowest BCUT2D eigenvalue weighted by Gasteiger charge is -2.19. The van der Waals surface area contributed by atoms with Crippen LogP contribution in [0.25, 0.3) is 0 Å². The van der Waals surface area contributed by atoms with Crippen LogP contribution in [0.1, 0.15) is 31.9 Å². The Morgan fingerprint density at radius 2 is 1.88 bits per heavy atom. The SMILES string of the molecule is CC(C)(C)Cc1cc(I)c(O)c(CN)c1.Cl. The highest BCUT2D eigenvalue weighted by molar-refractivity contribution is 14.1. The molecule has 1 rings (SSSR count). The fourth-order valence-electron chi connectivity index (χ4n) is 1.59. The molecule has 0 atom stereocenters. The standard InChI is InChI=1S/C12H18INO.ClH/c1-12(2,3)6-8-4-9(7-14)11(15)10(13)5-8;/h4-5,15H,6-7,14H2,1-3H3;1H. The van der Waals surface area contributed by atoms with Crippen LogP contribution in [0.15, 0.2) is 12.1 Å². The summed E-state index contributed by atoms with van der Waals surface area (Å²) in [5, 5.41) is 9.73. The number of phenolic OH excluding ortho intramolecular Hbond substituents is 1. The van der Waals surface area contributed by atoms with E-state index in [9.17, 15) is 5.11 Å². The first-order valence-electron chi connectivity index (χ1n) is 5.04. The minimum absolute atomic E-state index is 0. The van der Waals surface area contributed by atoms with Gasteiger partial charge in [-0.3, -0.25) is 0 Å². The van der Waals surface area contributed by atoms with Crippen molar-refractivity contribution in [3.63, 3.8) is 0 Å². The maximum atomic E-state index is 9.73. The van der Waals surface area contributed by atoms with Gasteiger partial charge in [0.1, 0.15) is 5.75 Å². The molecule has 0 amide bonds. The van der Waals surface area contributed by atoms with E-state index in [-0.39, 0.29) is 17.8 Å². The van der Waals surface area contributed by atoms with Crippen molar-refractivity contribution in [3.8, 4) is 5.75 Å². The monoisotopic (exact) mass is 355 g/mol. The van der Waals surface area contributed by atoms with Crippen LogP contribution in [0.4, 0.5) is 0 Å². The third-order valence-corrected chi connectivity index (χ3v) is 2.98. The Balaban J connectivity index is 0.00000225. The van der Waals surface area contributed by atoms with E-state index in [1.54, 1.807) is 0 Å². The van der Waals surface area contributed by atoms with E-state index < -0.39 is 0 Å². The van der Waals surface area contributed by atoms with Gasteiger partial charge in [0, 0.05) is 12.1 Å². The number of aromatic hydroxyl groups is 1. The van der Waals surface area contributed by atoms with Crippen LogP contribution in [0, 0.1) is 8.99 Å². The fourth-order valence-corrected chi connectivity index (χ4v) is 2.33. The number of hydrogen-bond acceptors (Lipinski definition) is 2. The first kappa shape index (κ1) is 16.0. The lowest BCUT2D eigenvalue weighted by atomic mass is 9.87. The molecular weight excluding hydrogens is 336 g/mol. The molecule has 0 heterocycles. The normalized spacial score (nSPS) is 11.1. The lowest BCUT2D eigenvalue weighted by molar-refractivity contribution is 0.410. The lowest BCUT2D eigenvalue weighted by Crippen LogP contribution is -2.10. The second-order valence-corrected chi connectivity index (χ2v) is 6.19. The van der Waals surface area contributed by atoms with E-state index in [2.05, 4.69) is 43.4 Å². The van der Waals surface area contributed by atoms with Gasteiger partial charge in [0.15, 0.2) is 0 Å². The van der Waals surface area contributed by atoms with Gasteiger partial charge in [0.05, 0.1) is 3.57 Å². The number of benzene rings is 1. The summed E-state index contributed by atoms with van der Waals surface area (Å²) in [6.07, 6.45) is 0.996. The molecule has 0 aliphatic rings. The quantitative estimate of drug-likeness (QED) is 0.798. The Hall–Kier alpha value is -0.0000000000000000555. The first-order valence-corrected chi connectivity index (χ1v) is 6.11. The number of phenols is 1. The molecule has 0 saturated heterocycles. The number of halogens is 2. The van der Waals surface area contributed by atoms with Gasteiger partial charge >= 0.3 is 0 Å². The molecule has 16 heavy (non-hydrogen) atoms. The summed E-state index contributed by atoms with van der Waals surface area (Å²) in [5.74, 6) is 0.329. The predicted molar refractivity (Wildman–Crippen MR) is 79.1 cm³/mol. The minimum atomic E-state index is 0. The van der Waals surface area contributed by atoms with Gasteiger partial charge in [0.25, 0.3) is 0 Å². The van der Waals surface area contributed by atoms with Crippen LogP contribution in [0.2, 0.25) is 0 Å². The Labute approximate surface area is 117 Å². The van der Waals surface area contributed by atoms with Gasteiger partial charge < -0.3 is 10.8 Å². The topological polar surface area (TPSA) is 46.2 Å². The van der Waals surface area contributed by atoms with Crippen LogP contribution >= 0.6 is 35.0 Å². The highest BCUT2D eigenvalue weighted by Crippen LogP contribution is 2.29. The van der Waals surface area contributed by atoms with E-state index in [4.69, 9.17) is 5.73 Å². The third-order valence-electron chi connectivity index (χ3n) is 2.16.